The van der Waals surface area contributed by atoms with E-state index in [1.54, 1.807) is 6.08 Å². The largest absolute Gasteiger partial charge is 0.416 e. The van der Waals surface area contributed by atoms with Gasteiger partial charge in [-0.1, -0.05) is 12.2 Å². The highest BCUT2D eigenvalue weighted by atomic mass is 32.1. The van der Waals surface area contributed by atoms with E-state index in [-0.39, 0.29) is 11.1 Å². The topological polar surface area (TPSA) is 23.8 Å². The van der Waals surface area contributed by atoms with Crippen LogP contribution in [0.25, 0.3) is 6.08 Å². The molecule has 1 aromatic carbocycles. The Kier molecular flexibility index (Phi) is 4.02. The second-order valence-electron chi connectivity index (χ2n) is 3.00. The van der Waals surface area contributed by atoms with Crippen LogP contribution in [0.5, 0.6) is 0 Å². The van der Waals surface area contributed by atoms with Gasteiger partial charge in [0.2, 0.25) is 0 Å². The number of nitrogens with zero attached hydrogens (tertiary/aromatic N) is 1. The lowest BCUT2D eigenvalue weighted by atomic mass is 10.0. The van der Waals surface area contributed by atoms with Gasteiger partial charge >= 0.3 is 6.18 Å². The summed E-state index contributed by atoms with van der Waals surface area (Å²) in [7, 11) is 0. The summed E-state index contributed by atoms with van der Waals surface area (Å²) < 4.78 is 37.2. The molecule has 1 aromatic rings. The maximum Gasteiger partial charge on any atom is 0.416 e. The summed E-state index contributed by atoms with van der Waals surface area (Å²) in [5.41, 5.74) is -0.289. The molecule has 0 aliphatic carbocycles. The van der Waals surface area contributed by atoms with Gasteiger partial charge in [-0.15, -0.1) is 0 Å². The highest BCUT2D eigenvalue weighted by Crippen LogP contribution is 2.30. The van der Waals surface area contributed by atoms with Gasteiger partial charge in [0.25, 0.3) is 0 Å². The molecule has 0 aliphatic rings. The van der Waals surface area contributed by atoms with Gasteiger partial charge in [-0.2, -0.15) is 31.1 Å². The number of alkyl halides is 3. The monoisotopic (exact) mass is 243 g/mol. The van der Waals surface area contributed by atoms with Gasteiger partial charge in [-0.05, 0) is 23.8 Å². The predicted octanol–water partition coefficient (Wildman–Crippen LogP) is 3.52. The van der Waals surface area contributed by atoms with Crippen molar-refractivity contribution in [2.45, 2.75) is 6.18 Å². The van der Waals surface area contributed by atoms with Crippen LogP contribution in [-0.2, 0) is 6.18 Å². The zero-order chi connectivity index (χ0) is 12.2. The van der Waals surface area contributed by atoms with Gasteiger partial charge in [0.05, 0.1) is 17.2 Å². The molecule has 0 aromatic heterocycles. The van der Waals surface area contributed by atoms with Gasteiger partial charge in [-0.3, -0.25) is 0 Å². The molecular weight excluding hydrogens is 235 g/mol. The number of nitriles is 1. The van der Waals surface area contributed by atoms with Crippen LogP contribution in [0.3, 0.4) is 0 Å². The molecule has 1 nitrogen and oxygen atoms in total. The van der Waals surface area contributed by atoms with E-state index in [1.165, 1.54) is 12.1 Å². The quantitative estimate of drug-likeness (QED) is 0.789. The summed E-state index contributed by atoms with van der Waals surface area (Å²) in [4.78, 5) is 0. The van der Waals surface area contributed by atoms with Crippen LogP contribution in [0.4, 0.5) is 13.2 Å². The summed E-state index contributed by atoms with van der Waals surface area (Å²) in [6.07, 6.45) is -1.35. The summed E-state index contributed by atoms with van der Waals surface area (Å²) in [6.45, 7) is 0. The highest BCUT2D eigenvalue weighted by molar-refractivity contribution is 7.80. The molecule has 0 spiro atoms. The molecule has 16 heavy (non-hydrogen) atoms. The van der Waals surface area contributed by atoms with Crippen molar-refractivity contribution in [2.75, 3.05) is 5.75 Å². The van der Waals surface area contributed by atoms with Crippen molar-refractivity contribution in [1.82, 2.24) is 0 Å². The van der Waals surface area contributed by atoms with Crippen molar-refractivity contribution in [3.8, 4) is 6.07 Å². The minimum atomic E-state index is -4.39. The minimum absolute atomic E-state index is 0.214. The van der Waals surface area contributed by atoms with Crippen molar-refractivity contribution < 1.29 is 13.2 Å². The van der Waals surface area contributed by atoms with Gasteiger partial charge in [0.15, 0.2) is 0 Å². The third kappa shape index (κ3) is 3.04. The first-order valence-corrected chi connectivity index (χ1v) is 5.01. The van der Waals surface area contributed by atoms with Gasteiger partial charge in [0, 0.05) is 5.75 Å². The fourth-order valence-corrected chi connectivity index (χ4v) is 1.26. The number of halogens is 3. The van der Waals surface area contributed by atoms with E-state index >= 15 is 0 Å². The van der Waals surface area contributed by atoms with Crippen molar-refractivity contribution in [2.24, 2.45) is 0 Å². The summed E-state index contributed by atoms with van der Waals surface area (Å²) >= 11 is 3.91. The third-order valence-electron chi connectivity index (χ3n) is 1.90. The molecule has 0 N–H and O–H groups in total. The summed E-state index contributed by atoms with van der Waals surface area (Å²) in [5, 5.41) is 8.73. The molecule has 0 fully saturated rings. The second kappa shape index (κ2) is 5.08. The first-order chi connectivity index (χ1) is 7.49. The molecule has 84 valence electrons. The Bertz CT molecular complexity index is 444. The van der Waals surface area contributed by atoms with E-state index in [0.717, 1.165) is 12.1 Å². The zero-order valence-corrected chi connectivity index (χ0v) is 9.02. The molecule has 0 atom stereocenters. The fraction of sp³-hybridized carbons (Fsp3) is 0.182. The Morgan fingerprint density at radius 2 is 2.06 bits per heavy atom. The van der Waals surface area contributed by atoms with Crippen LogP contribution in [0.2, 0.25) is 0 Å². The molecule has 0 bridgehead atoms. The lowest BCUT2D eigenvalue weighted by molar-refractivity contribution is -0.137. The smallest absolute Gasteiger partial charge is 0.192 e. The molecule has 0 saturated carbocycles. The summed E-state index contributed by atoms with van der Waals surface area (Å²) in [5.74, 6) is 0.404. The molecule has 0 aliphatic heterocycles. The Hall–Kier alpha value is -1.41. The van der Waals surface area contributed by atoms with Crippen LogP contribution in [0.1, 0.15) is 16.7 Å². The number of hydrogen-bond donors (Lipinski definition) is 1. The molecule has 0 saturated heterocycles. The van der Waals surface area contributed by atoms with E-state index in [1.807, 2.05) is 6.07 Å². The van der Waals surface area contributed by atoms with Crippen molar-refractivity contribution in [3.63, 3.8) is 0 Å². The number of thiol groups is 1. The molecule has 0 radical (unpaired) electrons. The van der Waals surface area contributed by atoms with Crippen molar-refractivity contribution in [3.05, 3.63) is 41.0 Å². The molecule has 0 unspecified atom stereocenters. The highest BCUT2D eigenvalue weighted by Gasteiger charge is 2.30. The van der Waals surface area contributed by atoms with Crippen LogP contribution < -0.4 is 0 Å². The average molecular weight is 243 g/mol. The van der Waals surface area contributed by atoms with Crippen LogP contribution >= 0.6 is 12.6 Å². The zero-order valence-electron chi connectivity index (χ0n) is 8.12. The predicted molar refractivity (Wildman–Crippen MR) is 59.0 cm³/mol. The minimum Gasteiger partial charge on any atom is -0.192 e. The van der Waals surface area contributed by atoms with E-state index in [9.17, 15) is 13.2 Å². The maximum atomic E-state index is 12.4. The van der Waals surface area contributed by atoms with Crippen LogP contribution in [0, 0.1) is 11.3 Å². The Balaban J connectivity index is 3.23. The SMILES string of the molecule is N#Cc1ccc(C(F)(F)F)cc1C=CCS. The normalized spacial score (nSPS) is 11.7. The number of rotatable bonds is 2. The average Bonchev–Trinajstić information content (AvgIpc) is 2.24. The van der Waals surface area contributed by atoms with Crippen molar-refractivity contribution >= 4 is 18.7 Å². The lowest BCUT2D eigenvalue weighted by Crippen LogP contribution is -2.05. The molecule has 5 heteroatoms. The van der Waals surface area contributed by atoms with E-state index in [0.29, 0.717) is 5.75 Å². The molecular formula is C11H8F3NS. The maximum absolute atomic E-state index is 12.4. The van der Waals surface area contributed by atoms with Crippen LogP contribution in [-0.4, -0.2) is 5.75 Å². The first-order valence-electron chi connectivity index (χ1n) is 4.38. The van der Waals surface area contributed by atoms with Gasteiger partial charge in [-0.25, -0.2) is 0 Å². The number of benzene rings is 1. The molecule has 0 heterocycles. The van der Waals surface area contributed by atoms with Crippen molar-refractivity contribution in [1.29, 1.82) is 5.26 Å². The third-order valence-corrected chi connectivity index (χ3v) is 2.11. The molecule has 0 amide bonds. The van der Waals surface area contributed by atoms with E-state index in [4.69, 9.17) is 5.26 Å². The van der Waals surface area contributed by atoms with Gasteiger partial charge < -0.3 is 0 Å². The van der Waals surface area contributed by atoms with E-state index in [2.05, 4.69) is 12.6 Å². The lowest BCUT2D eigenvalue weighted by Gasteiger charge is -2.08. The second-order valence-corrected chi connectivity index (χ2v) is 3.36. The summed E-state index contributed by atoms with van der Waals surface area (Å²) in [6, 6.07) is 4.86. The Labute approximate surface area is 96.6 Å². The Morgan fingerprint density at radius 3 is 2.56 bits per heavy atom. The van der Waals surface area contributed by atoms with Gasteiger partial charge in [0.1, 0.15) is 0 Å². The fourth-order valence-electron chi connectivity index (χ4n) is 1.16. The number of hydrogen-bond acceptors (Lipinski definition) is 2. The Morgan fingerprint density at radius 1 is 1.38 bits per heavy atom. The van der Waals surface area contributed by atoms with Crippen LogP contribution in [0.15, 0.2) is 24.3 Å². The van der Waals surface area contributed by atoms with E-state index < -0.39 is 11.7 Å². The standard InChI is InChI=1S/C11H8F3NS/c12-11(13,14)10-4-3-9(7-15)8(6-10)2-1-5-16/h1-4,6,16H,5H2. The molecule has 1 rings (SSSR count). The first kappa shape index (κ1) is 12.7.